The number of rotatable bonds is 11. The molecule has 1 saturated heterocycles. The van der Waals surface area contributed by atoms with Crippen molar-refractivity contribution >= 4 is 34.1 Å². The number of likely N-dealkylation sites (tertiary alicyclic amines) is 1. The quantitative estimate of drug-likeness (QED) is 0.303. The fraction of sp³-hybridized carbons (Fsp3) is 0.391. The number of hydrogen-bond donors (Lipinski definition) is 2. The second-order valence-corrected chi connectivity index (χ2v) is 9.55. The number of nitrogens with zero attached hydrogens (tertiary/aromatic N) is 3. The van der Waals surface area contributed by atoms with Crippen LogP contribution in [-0.4, -0.2) is 44.4 Å². The van der Waals surface area contributed by atoms with E-state index < -0.39 is 11.1 Å². The van der Waals surface area contributed by atoms with E-state index in [1.807, 2.05) is 35.7 Å². The summed E-state index contributed by atoms with van der Waals surface area (Å²) in [5.74, 6) is 1.95. The van der Waals surface area contributed by atoms with Crippen LogP contribution in [-0.2, 0) is 13.1 Å². The molecule has 4 rings (SSSR count). The average molecular weight is 472 g/mol. The maximum Gasteiger partial charge on any atom is 0.233 e. The predicted molar refractivity (Wildman–Crippen MR) is 131 cm³/mol. The maximum absolute atomic E-state index is 11.7. The maximum atomic E-state index is 11.7. The number of anilines is 2. The molecule has 170 valence electrons. The molecule has 32 heavy (non-hydrogen) atoms. The van der Waals surface area contributed by atoms with E-state index in [-0.39, 0.29) is 0 Å². The number of thiophene rings is 1. The van der Waals surface area contributed by atoms with Crippen LogP contribution in [0.4, 0.5) is 11.6 Å². The van der Waals surface area contributed by atoms with Crippen molar-refractivity contribution in [1.82, 2.24) is 13.6 Å². The smallest absolute Gasteiger partial charge is 0.233 e. The molecule has 1 aromatic carbocycles. The average Bonchev–Trinajstić information content (AvgIpc) is 3.45. The van der Waals surface area contributed by atoms with E-state index in [4.69, 9.17) is 4.74 Å². The molecule has 7 nitrogen and oxygen atoms in total. The molecule has 0 aliphatic carbocycles. The Morgan fingerprint density at radius 1 is 1.06 bits per heavy atom. The number of piperidine rings is 1. The van der Waals surface area contributed by atoms with Crippen molar-refractivity contribution < 1.29 is 9.29 Å². The van der Waals surface area contributed by atoms with Crippen molar-refractivity contribution in [2.24, 2.45) is 0 Å². The van der Waals surface area contributed by atoms with Gasteiger partial charge in [0.05, 0.1) is 6.54 Å². The van der Waals surface area contributed by atoms with Gasteiger partial charge in [-0.3, -0.25) is 4.90 Å². The normalized spacial score (nSPS) is 15.2. The third kappa shape index (κ3) is 7.03. The summed E-state index contributed by atoms with van der Waals surface area (Å²) in [6.45, 7) is 5.05. The predicted octanol–water partition coefficient (Wildman–Crippen LogP) is 4.91. The van der Waals surface area contributed by atoms with E-state index in [1.165, 1.54) is 42.8 Å². The van der Waals surface area contributed by atoms with Crippen LogP contribution in [0.5, 0.6) is 5.75 Å². The molecule has 0 spiro atoms. The zero-order valence-electron chi connectivity index (χ0n) is 18.0. The van der Waals surface area contributed by atoms with Gasteiger partial charge in [-0.25, -0.2) is 0 Å². The van der Waals surface area contributed by atoms with E-state index in [9.17, 15) is 4.55 Å². The van der Waals surface area contributed by atoms with E-state index >= 15 is 0 Å². The molecule has 1 aliphatic rings. The van der Waals surface area contributed by atoms with Gasteiger partial charge in [-0.2, -0.15) is 0 Å². The van der Waals surface area contributed by atoms with Crippen LogP contribution in [0.25, 0.3) is 0 Å². The Kier molecular flexibility index (Phi) is 8.49. The lowest BCUT2D eigenvalue weighted by Gasteiger charge is -2.26. The SMILES string of the molecule is [O-][s+]1nc(NCC=CCOc2cccc(CN3CCCCC3)c2)c(NCc2cccs2)n1. The summed E-state index contributed by atoms with van der Waals surface area (Å²) in [7, 11) is 0. The lowest BCUT2D eigenvalue weighted by Crippen LogP contribution is -2.29. The van der Waals surface area contributed by atoms with Crippen molar-refractivity contribution in [3.05, 3.63) is 64.4 Å². The van der Waals surface area contributed by atoms with Crippen molar-refractivity contribution in [3.8, 4) is 5.75 Å². The minimum Gasteiger partial charge on any atom is -0.546 e. The van der Waals surface area contributed by atoms with E-state index in [1.54, 1.807) is 11.3 Å². The Hall–Kier alpha value is -2.46. The van der Waals surface area contributed by atoms with Gasteiger partial charge in [-0.1, -0.05) is 30.7 Å². The van der Waals surface area contributed by atoms with Crippen LogP contribution >= 0.6 is 22.5 Å². The Balaban J connectivity index is 1.19. The van der Waals surface area contributed by atoms with Crippen LogP contribution in [0.1, 0.15) is 29.7 Å². The highest BCUT2D eigenvalue weighted by molar-refractivity contribution is 7.14. The van der Waals surface area contributed by atoms with Gasteiger partial charge in [0.15, 0.2) is 11.1 Å². The van der Waals surface area contributed by atoms with Gasteiger partial charge in [-0.15, -0.1) is 11.3 Å². The second kappa shape index (κ2) is 12.0. The first kappa shape index (κ1) is 22.7. The number of ether oxygens (including phenoxy) is 1. The molecular weight excluding hydrogens is 442 g/mol. The summed E-state index contributed by atoms with van der Waals surface area (Å²) in [5, 5.41) is 8.38. The van der Waals surface area contributed by atoms with Gasteiger partial charge in [0, 0.05) is 26.7 Å². The first-order valence-electron chi connectivity index (χ1n) is 11.0. The summed E-state index contributed by atoms with van der Waals surface area (Å²) >= 11 is 0.0933. The summed E-state index contributed by atoms with van der Waals surface area (Å²) in [5.41, 5.74) is 1.30. The molecule has 1 unspecified atom stereocenters. The molecule has 3 heterocycles. The van der Waals surface area contributed by atoms with Crippen LogP contribution in [0.2, 0.25) is 0 Å². The van der Waals surface area contributed by atoms with Crippen molar-refractivity contribution in [1.29, 1.82) is 0 Å². The Morgan fingerprint density at radius 3 is 2.72 bits per heavy atom. The lowest BCUT2D eigenvalue weighted by molar-refractivity contribution is 0.220. The van der Waals surface area contributed by atoms with Gasteiger partial charge in [0.25, 0.3) is 0 Å². The zero-order chi connectivity index (χ0) is 22.0. The van der Waals surface area contributed by atoms with Crippen LogP contribution < -0.4 is 15.4 Å². The minimum absolute atomic E-state index is 0.491. The highest BCUT2D eigenvalue weighted by Gasteiger charge is 2.14. The van der Waals surface area contributed by atoms with Crippen LogP contribution in [0.3, 0.4) is 0 Å². The largest absolute Gasteiger partial charge is 0.546 e. The van der Waals surface area contributed by atoms with Gasteiger partial charge < -0.3 is 19.9 Å². The highest BCUT2D eigenvalue weighted by Crippen LogP contribution is 2.23. The highest BCUT2D eigenvalue weighted by atomic mass is 32.2. The standard InChI is InChI=1S/C23H29N5O2S2/c29-32-26-22(23(27-32)25-17-21-10-7-15-31-21)24-11-2-5-14-30-20-9-6-8-19(16-20)18-28-12-3-1-4-13-28/h2,5-10,15-16H,1,3-4,11-14,17-18H2,(H,24,26)(H,25,27). The monoisotopic (exact) mass is 471 g/mol. The van der Waals surface area contributed by atoms with Gasteiger partial charge in [0.2, 0.25) is 11.6 Å². The van der Waals surface area contributed by atoms with Crippen molar-refractivity contribution in [2.75, 3.05) is 36.9 Å². The molecular formula is C23H29N5O2S2. The Morgan fingerprint density at radius 2 is 1.91 bits per heavy atom. The number of aromatic nitrogens is 2. The van der Waals surface area contributed by atoms with E-state index in [0.29, 0.717) is 31.3 Å². The molecule has 9 heteroatoms. The van der Waals surface area contributed by atoms with Crippen molar-refractivity contribution in [3.63, 3.8) is 0 Å². The lowest BCUT2D eigenvalue weighted by atomic mass is 10.1. The molecule has 0 amide bonds. The zero-order valence-corrected chi connectivity index (χ0v) is 19.7. The molecule has 2 N–H and O–H groups in total. The molecule has 0 radical (unpaired) electrons. The Labute approximate surface area is 196 Å². The molecule has 1 aliphatic heterocycles. The Bertz CT molecular complexity index is 984. The molecule has 1 atom stereocenters. The third-order valence-electron chi connectivity index (χ3n) is 5.23. The van der Waals surface area contributed by atoms with Crippen LogP contribution in [0.15, 0.2) is 53.9 Å². The topological polar surface area (TPSA) is 85.4 Å². The fourth-order valence-corrected chi connectivity index (χ4v) is 4.94. The molecule has 0 bridgehead atoms. The minimum atomic E-state index is -1.57. The third-order valence-corrected chi connectivity index (χ3v) is 6.78. The first-order chi connectivity index (χ1) is 15.8. The second-order valence-electron chi connectivity index (χ2n) is 7.69. The van der Waals surface area contributed by atoms with E-state index in [2.05, 4.69) is 42.5 Å². The number of hydrogen-bond acceptors (Lipinski definition) is 8. The first-order valence-corrected chi connectivity index (χ1v) is 12.9. The van der Waals surface area contributed by atoms with Crippen LogP contribution in [0, 0.1) is 0 Å². The summed E-state index contributed by atoms with van der Waals surface area (Å²) in [4.78, 5) is 3.70. The summed E-state index contributed by atoms with van der Waals surface area (Å²) in [6, 6.07) is 12.4. The molecule has 0 saturated carbocycles. The fourth-order valence-electron chi connectivity index (χ4n) is 3.64. The van der Waals surface area contributed by atoms with Gasteiger partial charge in [0.1, 0.15) is 12.4 Å². The molecule has 1 fully saturated rings. The summed E-state index contributed by atoms with van der Waals surface area (Å²) < 4.78 is 25.6. The van der Waals surface area contributed by atoms with Gasteiger partial charge >= 0.3 is 0 Å². The number of benzene rings is 1. The summed E-state index contributed by atoms with van der Waals surface area (Å²) in [6.07, 6.45) is 7.89. The number of nitrogens with one attached hydrogen (secondary N) is 2. The molecule has 2 aromatic heterocycles. The van der Waals surface area contributed by atoms with Crippen molar-refractivity contribution in [2.45, 2.75) is 32.4 Å². The van der Waals surface area contributed by atoms with Gasteiger partial charge in [-0.05, 0) is 61.1 Å². The molecule has 3 aromatic rings. The van der Waals surface area contributed by atoms with E-state index in [0.717, 1.165) is 12.3 Å².